The molecule has 5 N–H and O–H groups in total. The van der Waals surface area contributed by atoms with Gasteiger partial charge in [-0.3, -0.25) is 14.4 Å². The Kier molecular flexibility index (Phi) is 10.6. The van der Waals surface area contributed by atoms with Crippen molar-refractivity contribution in [3.63, 3.8) is 0 Å². The molecule has 196 valence electrons. The van der Waals surface area contributed by atoms with Crippen LogP contribution in [0.1, 0.15) is 20.3 Å². The number of aliphatic carboxylic acids is 1. The first-order valence-corrected chi connectivity index (χ1v) is 9.82. The lowest BCUT2D eigenvalue weighted by molar-refractivity contribution is -0.220. The Morgan fingerprint density at radius 1 is 1.15 bits per heavy atom. The number of carboxylic acid groups (broad SMARTS) is 1. The van der Waals surface area contributed by atoms with Crippen molar-refractivity contribution in [2.24, 2.45) is 5.73 Å². The highest BCUT2D eigenvalue weighted by atomic mass is 19.4. The molecule has 2 aliphatic heterocycles. The lowest BCUT2D eigenvalue weighted by Crippen LogP contribution is -2.53. The molecule has 0 bridgehead atoms. The minimum absolute atomic E-state index is 0.157. The maximum Gasteiger partial charge on any atom is 0.490 e. The van der Waals surface area contributed by atoms with Crippen molar-refractivity contribution in [1.29, 1.82) is 0 Å². The third-order valence-corrected chi connectivity index (χ3v) is 4.53. The Balaban J connectivity index is 0.000000718. The first-order valence-electron chi connectivity index (χ1n) is 9.82. The number of amides is 2. The first-order chi connectivity index (χ1) is 15.6. The van der Waals surface area contributed by atoms with E-state index in [4.69, 9.17) is 34.6 Å². The van der Waals surface area contributed by atoms with Crippen molar-refractivity contribution in [2.75, 3.05) is 27.3 Å². The smallest absolute Gasteiger partial charge is 0.475 e. The zero-order valence-corrected chi connectivity index (χ0v) is 18.8. The van der Waals surface area contributed by atoms with Crippen LogP contribution < -0.4 is 16.4 Å². The van der Waals surface area contributed by atoms with Gasteiger partial charge >= 0.3 is 18.1 Å². The topological polar surface area (TPSA) is 185 Å². The highest BCUT2D eigenvalue weighted by Gasteiger charge is 2.57. The number of nitrogens with one attached hydrogen (secondary N) is 2. The fourth-order valence-corrected chi connectivity index (χ4v) is 3.13. The number of hydrogen-bond acceptors (Lipinski definition) is 10. The molecular weight excluding hydrogens is 475 g/mol. The zero-order chi connectivity index (χ0) is 26.3. The molecule has 0 unspecified atom stereocenters. The van der Waals surface area contributed by atoms with Gasteiger partial charge in [0.1, 0.15) is 24.9 Å². The van der Waals surface area contributed by atoms with E-state index >= 15 is 0 Å². The van der Waals surface area contributed by atoms with E-state index < -0.39 is 66.4 Å². The molecule has 0 radical (unpaired) electrons. The van der Waals surface area contributed by atoms with Gasteiger partial charge in [0.05, 0.1) is 19.7 Å². The Labute approximate surface area is 192 Å². The monoisotopic (exact) mass is 503 g/mol. The zero-order valence-electron chi connectivity index (χ0n) is 18.8. The van der Waals surface area contributed by atoms with Crippen LogP contribution in [0.5, 0.6) is 0 Å². The predicted octanol–water partition coefficient (Wildman–Crippen LogP) is -1.37. The van der Waals surface area contributed by atoms with Crippen LogP contribution in [0.4, 0.5) is 13.2 Å². The number of carbonyl (C=O) groups is 4. The molecule has 16 heteroatoms. The van der Waals surface area contributed by atoms with Crippen LogP contribution >= 0.6 is 0 Å². The van der Waals surface area contributed by atoms with E-state index in [9.17, 15) is 27.6 Å². The van der Waals surface area contributed by atoms with E-state index in [0.29, 0.717) is 0 Å². The summed E-state index contributed by atoms with van der Waals surface area (Å²) in [5, 5.41) is 12.2. The molecule has 0 aliphatic carbocycles. The summed E-state index contributed by atoms with van der Waals surface area (Å²) in [4.78, 5) is 44.1. The van der Waals surface area contributed by atoms with Gasteiger partial charge in [0.15, 0.2) is 12.1 Å². The van der Waals surface area contributed by atoms with Crippen LogP contribution in [0.25, 0.3) is 0 Å². The molecule has 0 spiro atoms. The van der Waals surface area contributed by atoms with E-state index in [-0.39, 0.29) is 19.5 Å². The molecule has 2 aliphatic rings. The van der Waals surface area contributed by atoms with E-state index in [1.54, 1.807) is 13.8 Å². The number of alkyl halides is 3. The fourth-order valence-electron chi connectivity index (χ4n) is 3.13. The van der Waals surface area contributed by atoms with Gasteiger partial charge in [-0.25, -0.2) is 4.79 Å². The number of hydrogen-bond donors (Lipinski definition) is 4. The number of fused-ring (bicyclic) bond motifs is 1. The molecule has 2 saturated heterocycles. The molecule has 0 aromatic rings. The van der Waals surface area contributed by atoms with Gasteiger partial charge in [-0.15, -0.1) is 0 Å². The van der Waals surface area contributed by atoms with Crippen LogP contribution in [0.3, 0.4) is 0 Å². The standard InChI is InChI=1S/C16H27N3O8.C2HF3O2/c1-16(2)26-14-13(24-4)12(25-15(14)27-16)8(19-10(21)6-17)5-9(20)18-7-11(22)23-3;3-2(4,5)1(6)7/h8,12-15H,5-7,17H2,1-4H3,(H,18,20)(H,19,21);(H,6,7)/t8-,12+,13-,14+,15+;/m0./s1. The minimum Gasteiger partial charge on any atom is -0.475 e. The third-order valence-electron chi connectivity index (χ3n) is 4.53. The second-order valence-corrected chi connectivity index (χ2v) is 7.51. The second-order valence-electron chi connectivity index (χ2n) is 7.51. The number of carbonyl (C=O) groups excluding carboxylic acids is 3. The quantitative estimate of drug-likeness (QED) is 0.287. The highest BCUT2D eigenvalue weighted by Crippen LogP contribution is 2.39. The molecule has 2 amide bonds. The van der Waals surface area contributed by atoms with Gasteiger partial charge in [-0.2, -0.15) is 13.2 Å². The number of ether oxygens (including phenoxy) is 5. The molecule has 2 rings (SSSR count). The number of nitrogens with two attached hydrogens (primary N) is 1. The van der Waals surface area contributed by atoms with Crippen LogP contribution in [-0.2, 0) is 42.9 Å². The van der Waals surface area contributed by atoms with Crippen molar-refractivity contribution in [1.82, 2.24) is 10.6 Å². The molecule has 34 heavy (non-hydrogen) atoms. The number of halogens is 3. The van der Waals surface area contributed by atoms with E-state index in [0.717, 1.165) is 0 Å². The number of rotatable bonds is 8. The lowest BCUT2D eigenvalue weighted by atomic mass is 10.00. The molecule has 0 aromatic carbocycles. The Morgan fingerprint density at radius 2 is 1.74 bits per heavy atom. The molecule has 0 aromatic heterocycles. The highest BCUT2D eigenvalue weighted by molar-refractivity contribution is 5.83. The average Bonchev–Trinajstić information content (AvgIpc) is 3.22. The van der Waals surface area contributed by atoms with Crippen molar-refractivity contribution < 1.29 is 61.1 Å². The molecule has 0 saturated carbocycles. The summed E-state index contributed by atoms with van der Waals surface area (Å²) in [5.41, 5.74) is 5.37. The number of carboxylic acids is 1. The van der Waals surface area contributed by atoms with Gasteiger partial charge in [0.2, 0.25) is 11.8 Å². The normalized spacial score (nSPS) is 25.9. The average molecular weight is 503 g/mol. The summed E-state index contributed by atoms with van der Waals surface area (Å²) in [6.07, 6.45) is -7.72. The molecule has 5 atom stereocenters. The summed E-state index contributed by atoms with van der Waals surface area (Å²) in [6.45, 7) is 2.98. The van der Waals surface area contributed by atoms with Gasteiger partial charge in [0.25, 0.3) is 0 Å². The second kappa shape index (κ2) is 12.3. The lowest BCUT2D eigenvalue weighted by Gasteiger charge is -2.30. The Hall–Kier alpha value is -2.53. The Morgan fingerprint density at radius 3 is 2.21 bits per heavy atom. The van der Waals surface area contributed by atoms with Gasteiger partial charge in [0, 0.05) is 13.5 Å². The van der Waals surface area contributed by atoms with Crippen LogP contribution in [0.2, 0.25) is 0 Å². The third kappa shape index (κ3) is 8.68. The minimum atomic E-state index is -5.08. The summed E-state index contributed by atoms with van der Waals surface area (Å²) >= 11 is 0. The van der Waals surface area contributed by atoms with E-state index in [1.807, 2.05) is 0 Å². The molecule has 2 heterocycles. The van der Waals surface area contributed by atoms with Gasteiger partial charge in [-0.05, 0) is 13.8 Å². The largest absolute Gasteiger partial charge is 0.490 e. The Bertz CT molecular complexity index is 749. The van der Waals surface area contributed by atoms with Crippen molar-refractivity contribution >= 4 is 23.8 Å². The van der Waals surface area contributed by atoms with Crippen molar-refractivity contribution in [3.8, 4) is 0 Å². The van der Waals surface area contributed by atoms with Crippen LogP contribution in [0.15, 0.2) is 0 Å². The van der Waals surface area contributed by atoms with Crippen molar-refractivity contribution in [3.05, 3.63) is 0 Å². The van der Waals surface area contributed by atoms with Crippen LogP contribution in [0, 0.1) is 0 Å². The number of methoxy groups -OCH3 is 2. The van der Waals surface area contributed by atoms with E-state index in [2.05, 4.69) is 15.4 Å². The molecular formula is C18H28F3N3O10. The predicted molar refractivity (Wildman–Crippen MR) is 104 cm³/mol. The van der Waals surface area contributed by atoms with Gasteiger partial charge < -0.3 is 45.2 Å². The fraction of sp³-hybridized carbons (Fsp3) is 0.778. The summed E-state index contributed by atoms with van der Waals surface area (Å²) in [5.74, 6) is -5.10. The van der Waals surface area contributed by atoms with Crippen molar-refractivity contribution in [2.45, 2.75) is 62.9 Å². The summed E-state index contributed by atoms with van der Waals surface area (Å²) in [6, 6.07) is -0.760. The first kappa shape index (κ1) is 29.5. The summed E-state index contributed by atoms with van der Waals surface area (Å²) in [7, 11) is 2.70. The molecule has 13 nitrogen and oxygen atoms in total. The summed E-state index contributed by atoms with van der Waals surface area (Å²) < 4.78 is 59.1. The van der Waals surface area contributed by atoms with Gasteiger partial charge in [-0.1, -0.05) is 0 Å². The SMILES string of the molecule is COC(=O)CNC(=O)C[C@H](NC(=O)CN)[C@H]1O[C@@H]2OC(C)(C)O[C@@H]2[C@H]1OC.O=C(O)C(F)(F)F. The molecule has 2 fully saturated rings. The van der Waals surface area contributed by atoms with Crippen LogP contribution in [-0.4, -0.2) is 98.8 Å². The maximum atomic E-state index is 12.2. The van der Waals surface area contributed by atoms with E-state index in [1.165, 1.54) is 14.2 Å². The maximum absolute atomic E-state index is 12.2. The number of esters is 1.